The van der Waals surface area contributed by atoms with Gasteiger partial charge in [-0.3, -0.25) is 9.59 Å². The number of aryl methyl sites for hydroxylation is 1. The van der Waals surface area contributed by atoms with Gasteiger partial charge in [0.15, 0.2) is 5.78 Å². The van der Waals surface area contributed by atoms with E-state index in [-0.39, 0.29) is 11.2 Å². The van der Waals surface area contributed by atoms with Crippen LogP contribution in [0.2, 0.25) is 0 Å². The van der Waals surface area contributed by atoms with Crippen molar-refractivity contribution in [2.45, 2.75) is 40.5 Å². The summed E-state index contributed by atoms with van der Waals surface area (Å²) in [4.78, 5) is 24.4. The molecule has 0 radical (unpaired) electrons. The number of primary amides is 1. The number of hydrogen-bond donors (Lipinski definition) is 1. The van der Waals surface area contributed by atoms with Gasteiger partial charge in [0, 0.05) is 41.7 Å². The second-order valence-electron chi connectivity index (χ2n) is 8.01. The molecule has 28 heavy (non-hydrogen) atoms. The molecule has 0 aliphatic heterocycles. The number of rotatable bonds is 7. The van der Waals surface area contributed by atoms with Gasteiger partial charge in [0.05, 0.1) is 12.2 Å². The fraction of sp³-hybridized carbons (Fsp3) is 0.455. The summed E-state index contributed by atoms with van der Waals surface area (Å²) in [5.74, 6) is 0.0588. The number of Topliss-reactive ketones (excluding diaryl/α,β-unsaturated/α-hetero) is 1. The fourth-order valence-corrected chi connectivity index (χ4v) is 3.84. The molecular weight excluding hydrogens is 356 g/mol. The number of carbonyl (C=O) groups is 2. The lowest BCUT2D eigenvalue weighted by atomic mass is 9.76. The van der Waals surface area contributed by atoms with Crippen molar-refractivity contribution in [2.24, 2.45) is 11.1 Å². The van der Waals surface area contributed by atoms with Crippen LogP contribution >= 0.6 is 0 Å². The number of aromatic nitrogens is 1. The maximum Gasteiger partial charge on any atom is 0.252 e. The molecule has 0 spiro atoms. The minimum atomic E-state index is -0.541. The van der Waals surface area contributed by atoms with Crippen molar-refractivity contribution in [1.29, 1.82) is 0 Å². The van der Waals surface area contributed by atoms with Crippen LogP contribution in [0.3, 0.4) is 0 Å². The molecule has 150 valence electrons. The third-order valence-corrected chi connectivity index (χ3v) is 5.05. The van der Waals surface area contributed by atoms with Gasteiger partial charge < -0.3 is 19.8 Å². The summed E-state index contributed by atoms with van der Waals surface area (Å²) in [6.45, 7) is 9.47. The Labute approximate surface area is 165 Å². The number of amides is 1. The Bertz CT molecular complexity index is 912. The highest BCUT2D eigenvalue weighted by atomic mass is 16.5. The molecule has 1 heterocycles. The molecule has 0 atom stereocenters. The maximum atomic E-state index is 12.6. The predicted octanol–water partition coefficient (Wildman–Crippen LogP) is 3.46. The Kier molecular flexibility index (Phi) is 5.61. The second-order valence-corrected chi connectivity index (χ2v) is 8.01. The van der Waals surface area contributed by atoms with E-state index in [1.54, 1.807) is 6.07 Å². The summed E-state index contributed by atoms with van der Waals surface area (Å²) in [6, 6.07) is 7.28. The van der Waals surface area contributed by atoms with Crippen LogP contribution in [0.4, 0.5) is 0 Å². The van der Waals surface area contributed by atoms with Crippen LogP contribution in [0.5, 0.6) is 5.75 Å². The molecule has 1 aliphatic carbocycles. The lowest BCUT2D eigenvalue weighted by Gasteiger charge is -2.30. The number of benzene rings is 1. The minimum Gasteiger partial charge on any atom is -0.490 e. The van der Waals surface area contributed by atoms with E-state index in [2.05, 4.69) is 18.4 Å². The predicted molar refractivity (Wildman–Crippen MR) is 107 cm³/mol. The van der Waals surface area contributed by atoms with Gasteiger partial charge in [0.2, 0.25) is 0 Å². The Morgan fingerprint density at radius 3 is 2.64 bits per heavy atom. The molecule has 6 heteroatoms. The normalized spacial score (nSPS) is 15.4. The molecule has 1 aliphatic rings. The number of nitrogens with two attached hydrogens (primary N) is 1. The minimum absolute atomic E-state index is 0.0867. The van der Waals surface area contributed by atoms with Crippen LogP contribution < -0.4 is 10.5 Å². The van der Waals surface area contributed by atoms with E-state index in [4.69, 9.17) is 15.2 Å². The van der Waals surface area contributed by atoms with Crippen molar-refractivity contribution in [2.75, 3.05) is 19.8 Å². The van der Waals surface area contributed by atoms with E-state index < -0.39 is 5.91 Å². The van der Waals surface area contributed by atoms with Crippen LogP contribution in [-0.2, 0) is 11.2 Å². The summed E-state index contributed by atoms with van der Waals surface area (Å²) >= 11 is 0. The highest BCUT2D eigenvalue weighted by Crippen LogP contribution is 2.38. The Hall–Kier alpha value is -2.60. The monoisotopic (exact) mass is 384 g/mol. The summed E-state index contributed by atoms with van der Waals surface area (Å²) in [7, 11) is 0. The molecule has 1 amide bonds. The first kappa shape index (κ1) is 20.1. The largest absolute Gasteiger partial charge is 0.490 e. The topological polar surface area (TPSA) is 83.6 Å². The molecule has 1 aromatic heterocycles. The first-order valence-electron chi connectivity index (χ1n) is 9.62. The number of carbonyl (C=O) groups excluding carboxylic acids is 2. The van der Waals surface area contributed by atoms with E-state index >= 15 is 0 Å². The molecule has 1 aromatic carbocycles. The molecule has 0 bridgehead atoms. The average molecular weight is 384 g/mol. The number of nitrogens with zero attached hydrogens (tertiary/aromatic N) is 1. The SMILES string of the molecule is CCOCCOc1cc(-n2c(C)cc3c2CC(C)(C)CC3=O)ccc1C(N)=O. The van der Waals surface area contributed by atoms with Crippen LogP contribution in [0.15, 0.2) is 24.3 Å². The summed E-state index contributed by atoms with van der Waals surface area (Å²) < 4.78 is 13.2. The molecule has 0 fully saturated rings. The first-order chi connectivity index (χ1) is 13.2. The highest BCUT2D eigenvalue weighted by Gasteiger charge is 2.34. The molecule has 2 N–H and O–H groups in total. The van der Waals surface area contributed by atoms with Crippen molar-refractivity contribution < 1.29 is 19.1 Å². The molecule has 3 rings (SSSR count). The Morgan fingerprint density at radius 1 is 1.21 bits per heavy atom. The van der Waals surface area contributed by atoms with Crippen molar-refractivity contribution in [3.8, 4) is 11.4 Å². The van der Waals surface area contributed by atoms with Crippen LogP contribution in [0.25, 0.3) is 5.69 Å². The van der Waals surface area contributed by atoms with Gasteiger partial charge >= 0.3 is 0 Å². The van der Waals surface area contributed by atoms with Gasteiger partial charge in [-0.2, -0.15) is 0 Å². The standard InChI is InChI=1S/C22H28N2O4/c1-5-27-8-9-28-20-11-15(6-7-16(20)21(23)26)24-14(2)10-17-18(24)12-22(3,4)13-19(17)25/h6-7,10-11H,5,8-9,12-13H2,1-4H3,(H2,23,26). The summed E-state index contributed by atoms with van der Waals surface area (Å²) in [5, 5.41) is 0. The van der Waals surface area contributed by atoms with E-state index in [1.165, 1.54) is 0 Å². The molecule has 0 saturated carbocycles. The van der Waals surface area contributed by atoms with E-state index in [9.17, 15) is 9.59 Å². The van der Waals surface area contributed by atoms with Gasteiger partial charge in [0.25, 0.3) is 5.91 Å². The van der Waals surface area contributed by atoms with Crippen molar-refractivity contribution in [1.82, 2.24) is 4.57 Å². The van der Waals surface area contributed by atoms with Crippen LogP contribution in [0, 0.1) is 12.3 Å². The Balaban J connectivity index is 2.03. The number of hydrogen-bond acceptors (Lipinski definition) is 4. The van der Waals surface area contributed by atoms with Crippen molar-refractivity contribution in [3.63, 3.8) is 0 Å². The lowest BCUT2D eigenvalue weighted by Crippen LogP contribution is -2.27. The highest BCUT2D eigenvalue weighted by molar-refractivity contribution is 5.99. The van der Waals surface area contributed by atoms with Gasteiger partial charge in [-0.25, -0.2) is 0 Å². The molecular formula is C22H28N2O4. The molecule has 0 saturated heterocycles. The Morgan fingerprint density at radius 2 is 1.96 bits per heavy atom. The van der Waals surface area contributed by atoms with Crippen molar-refractivity contribution in [3.05, 3.63) is 46.8 Å². The van der Waals surface area contributed by atoms with Gasteiger partial charge in [-0.15, -0.1) is 0 Å². The van der Waals surface area contributed by atoms with Crippen LogP contribution in [-0.4, -0.2) is 36.1 Å². The smallest absolute Gasteiger partial charge is 0.252 e. The zero-order chi connectivity index (χ0) is 20.5. The van der Waals surface area contributed by atoms with E-state index in [0.717, 1.165) is 29.1 Å². The fourth-order valence-electron chi connectivity index (χ4n) is 3.84. The number of fused-ring (bicyclic) bond motifs is 1. The van der Waals surface area contributed by atoms with E-state index in [1.807, 2.05) is 32.0 Å². The molecule has 0 unspecified atom stereocenters. The van der Waals surface area contributed by atoms with Gasteiger partial charge in [-0.1, -0.05) is 13.8 Å². The number of ether oxygens (including phenoxy) is 2. The van der Waals surface area contributed by atoms with Crippen LogP contribution in [0.1, 0.15) is 59.3 Å². The zero-order valence-corrected chi connectivity index (χ0v) is 17.0. The maximum absolute atomic E-state index is 12.6. The third kappa shape index (κ3) is 3.97. The number of ketones is 1. The zero-order valence-electron chi connectivity index (χ0n) is 17.0. The lowest BCUT2D eigenvalue weighted by molar-refractivity contribution is 0.0910. The molecule has 6 nitrogen and oxygen atoms in total. The third-order valence-electron chi connectivity index (χ3n) is 5.05. The summed E-state index contributed by atoms with van der Waals surface area (Å²) in [5.41, 5.74) is 9.36. The molecule has 2 aromatic rings. The average Bonchev–Trinajstić information content (AvgIpc) is 2.93. The summed E-state index contributed by atoms with van der Waals surface area (Å²) in [6.07, 6.45) is 1.36. The first-order valence-corrected chi connectivity index (χ1v) is 9.62. The van der Waals surface area contributed by atoms with Crippen molar-refractivity contribution >= 4 is 11.7 Å². The quantitative estimate of drug-likeness (QED) is 0.741. The van der Waals surface area contributed by atoms with E-state index in [0.29, 0.717) is 37.6 Å². The second kappa shape index (κ2) is 7.80. The van der Waals surface area contributed by atoms with Gasteiger partial charge in [0.1, 0.15) is 12.4 Å². The van der Waals surface area contributed by atoms with Gasteiger partial charge in [-0.05, 0) is 43.9 Å².